The summed E-state index contributed by atoms with van der Waals surface area (Å²) >= 11 is 4.92. The van der Waals surface area contributed by atoms with Gasteiger partial charge in [0.25, 0.3) is 0 Å². The maximum Gasteiger partial charge on any atom is 0.573 e. The number of carbonyl (C=O) groups excluding carboxylic acids is 1. The van der Waals surface area contributed by atoms with Crippen molar-refractivity contribution < 1.29 is 22.7 Å². The van der Waals surface area contributed by atoms with Crippen LogP contribution in [0.4, 0.5) is 23.7 Å². The third-order valence-electron chi connectivity index (χ3n) is 2.44. The minimum Gasteiger partial charge on any atom is -0.406 e. The van der Waals surface area contributed by atoms with Crippen LogP contribution in [0.15, 0.2) is 24.3 Å². The van der Waals surface area contributed by atoms with Gasteiger partial charge in [0.1, 0.15) is 5.75 Å². The quantitative estimate of drug-likeness (QED) is 0.823. The lowest BCUT2D eigenvalue weighted by molar-refractivity contribution is -0.274. The van der Waals surface area contributed by atoms with Crippen LogP contribution in [-0.4, -0.2) is 35.5 Å². The van der Waals surface area contributed by atoms with E-state index in [-0.39, 0.29) is 5.75 Å². The summed E-state index contributed by atoms with van der Waals surface area (Å²) in [6.07, 6.45) is -4.74. The van der Waals surface area contributed by atoms with Crippen LogP contribution in [0.5, 0.6) is 5.75 Å². The molecular formula is C11H10F3N3O2S. The Bertz CT molecular complexity index is 519. The van der Waals surface area contributed by atoms with Crippen LogP contribution in [-0.2, 0) is 0 Å². The predicted molar refractivity (Wildman–Crippen MR) is 69.5 cm³/mol. The van der Waals surface area contributed by atoms with E-state index in [1.54, 1.807) is 0 Å². The van der Waals surface area contributed by atoms with Gasteiger partial charge >= 0.3 is 12.4 Å². The number of nitrogens with zero attached hydrogens (tertiary/aromatic N) is 1. The van der Waals surface area contributed by atoms with E-state index in [1.165, 1.54) is 17.0 Å². The molecule has 0 unspecified atom stereocenters. The molecular weight excluding hydrogens is 295 g/mol. The minimum atomic E-state index is -4.74. The highest BCUT2D eigenvalue weighted by atomic mass is 32.1. The summed E-state index contributed by atoms with van der Waals surface area (Å²) in [4.78, 5) is 13.1. The van der Waals surface area contributed by atoms with E-state index in [2.05, 4.69) is 15.4 Å². The minimum absolute atomic E-state index is 0.319. The van der Waals surface area contributed by atoms with Gasteiger partial charge in [0, 0.05) is 18.8 Å². The number of benzene rings is 1. The SMILES string of the molecule is O=C(Nc1ccc(OC(F)(F)F)cc1)N1CCNC1=S. The van der Waals surface area contributed by atoms with E-state index in [0.717, 1.165) is 12.1 Å². The molecule has 2 N–H and O–H groups in total. The Morgan fingerprint density at radius 2 is 2.00 bits per heavy atom. The summed E-state index contributed by atoms with van der Waals surface area (Å²) in [6, 6.07) is 4.41. The molecule has 1 aliphatic rings. The van der Waals surface area contributed by atoms with Crippen molar-refractivity contribution in [3.8, 4) is 5.75 Å². The van der Waals surface area contributed by atoms with Crippen LogP contribution in [0, 0.1) is 0 Å². The smallest absolute Gasteiger partial charge is 0.406 e. The van der Waals surface area contributed by atoms with Gasteiger partial charge in [0.05, 0.1) is 0 Å². The fraction of sp³-hybridized carbons (Fsp3) is 0.273. The van der Waals surface area contributed by atoms with Gasteiger partial charge in [-0.3, -0.25) is 4.90 Å². The molecule has 2 amide bonds. The average molecular weight is 305 g/mol. The maximum absolute atomic E-state index is 12.0. The Morgan fingerprint density at radius 3 is 2.50 bits per heavy atom. The normalized spacial score (nSPS) is 14.9. The Hall–Kier alpha value is -2.03. The van der Waals surface area contributed by atoms with Gasteiger partial charge in [-0.05, 0) is 36.5 Å². The zero-order chi connectivity index (χ0) is 14.8. The second-order valence-electron chi connectivity index (χ2n) is 3.89. The first-order valence-electron chi connectivity index (χ1n) is 5.57. The first-order valence-corrected chi connectivity index (χ1v) is 5.98. The highest BCUT2D eigenvalue weighted by Crippen LogP contribution is 2.24. The predicted octanol–water partition coefficient (Wildman–Crippen LogP) is 2.31. The van der Waals surface area contributed by atoms with Gasteiger partial charge < -0.3 is 15.4 Å². The molecule has 1 aromatic carbocycles. The van der Waals surface area contributed by atoms with Crippen molar-refractivity contribution in [2.24, 2.45) is 0 Å². The van der Waals surface area contributed by atoms with Crippen molar-refractivity contribution in [2.75, 3.05) is 18.4 Å². The molecule has 5 nitrogen and oxygen atoms in total. The molecule has 0 spiro atoms. The molecule has 1 aromatic rings. The van der Waals surface area contributed by atoms with Crippen LogP contribution in [0.25, 0.3) is 0 Å². The maximum atomic E-state index is 12.0. The number of carbonyl (C=O) groups is 1. The van der Waals surface area contributed by atoms with E-state index in [0.29, 0.717) is 23.9 Å². The van der Waals surface area contributed by atoms with Gasteiger partial charge in [0.15, 0.2) is 5.11 Å². The molecule has 0 bridgehead atoms. The van der Waals surface area contributed by atoms with E-state index in [9.17, 15) is 18.0 Å². The second kappa shape index (κ2) is 5.53. The number of amides is 2. The van der Waals surface area contributed by atoms with E-state index in [1.807, 2.05) is 0 Å². The highest BCUT2D eigenvalue weighted by Gasteiger charge is 2.31. The van der Waals surface area contributed by atoms with Crippen molar-refractivity contribution in [3.63, 3.8) is 0 Å². The van der Waals surface area contributed by atoms with Crippen molar-refractivity contribution in [3.05, 3.63) is 24.3 Å². The van der Waals surface area contributed by atoms with Gasteiger partial charge in [-0.1, -0.05) is 0 Å². The summed E-state index contributed by atoms with van der Waals surface area (Å²) in [5.41, 5.74) is 0.347. The van der Waals surface area contributed by atoms with Gasteiger partial charge in [-0.15, -0.1) is 13.2 Å². The zero-order valence-corrected chi connectivity index (χ0v) is 10.8. The molecule has 0 radical (unpaired) electrons. The van der Waals surface area contributed by atoms with E-state index < -0.39 is 12.4 Å². The van der Waals surface area contributed by atoms with E-state index in [4.69, 9.17) is 12.2 Å². The number of hydrogen-bond donors (Lipinski definition) is 2. The number of nitrogens with one attached hydrogen (secondary N) is 2. The van der Waals surface area contributed by atoms with Gasteiger partial charge in [-0.25, -0.2) is 4.79 Å². The van der Waals surface area contributed by atoms with Gasteiger partial charge in [0.2, 0.25) is 0 Å². The lowest BCUT2D eigenvalue weighted by Gasteiger charge is -2.15. The zero-order valence-electron chi connectivity index (χ0n) is 10.0. The van der Waals surface area contributed by atoms with Crippen LogP contribution >= 0.6 is 12.2 Å². The number of alkyl halides is 3. The van der Waals surface area contributed by atoms with Gasteiger partial charge in [-0.2, -0.15) is 0 Å². The first kappa shape index (κ1) is 14.4. The number of urea groups is 1. The molecule has 1 fully saturated rings. The highest BCUT2D eigenvalue weighted by molar-refractivity contribution is 7.80. The Morgan fingerprint density at radius 1 is 1.35 bits per heavy atom. The summed E-state index contributed by atoms with van der Waals surface area (Å²) in [5, 5.41) is 5.67. The number of halogens is 3. The molecule has 9 heteroatoms. The van der Waals surface area contributed by atoms with Crippen LogP contribution in [0.3, 0.4) is 0 Å². The monoisotopic (exact) mass is 305 g/mol. The molecule has 1 heterocycles. The molecule has 1 saturated heterocycles. The fourth-order valence-electron chi connectivity index (χ4n) is 1.60. The Balaban J connectivity index is 1.97. The molecule has 0 aromatic heterocycles. The topological polar surface area (TPSA) is 53.6 Å². The van der Waals surface area contributed by atoms with Crippen LogP contribution < -0.4 is 15.4 Å². The molecule has 1 aliphatic heterocycles. The second-order valence-corrected chi connectivity index (χ2v) is 4.27. The average Bonchev–Trinajstić information content (AvgIpc) is 2.76. The van der Waals surface area contributed by atoms with Crippen molar-refractivity contribution in [1.29, 1.82) is 0 Å². The van der Waals surface area contributed by atoms with Crippen molar-refractivity contribution >= 4 is 29.0 Å². The lowest BCUT2D eigenvalue weighted by Crippen LogP contribution is -2.37. The molecule has 20 heavy (non-hydrogen) atoms. The summed E-state index contributed by atoms with van der Waals surface area (Å²) in [6.45, 7) is 1.02. The summed E-state index contributed by atoms with van der Waals surface area (Å²) in [5.74, 6) is -0.353. The number of hydrogen-bond acceptors (Lipinski definition) is 3. The molecule has 0 atom stereocenters. The number of anilines is 1. The van der Waals surface area contributed by atoms with Crippen LogP contribution in [0.2, 0.25) is 0 Å². The van der Waals surface area contributed by atoms with Crippen molar-refractivity contribution in [1.82, 2.24) is 10.2 Å². The van der Waals surface area contributed by atoms with Crippen molar-refractivity contribution in [2.45, 2.75) is 6.36 Å². The third kappa shape index (κ3) is 3.73. The summed E-state index contributed by atoms with van der Waals surface area (Å²) in [7, 11) is 0. The van der Waals surface area contributed by atoms with E-state index >= 15 is 0 Å². The third-order valence-corrected chi connectivity index (χ3v) is 2.81. The number of thiocarbonyl (C=S) groups is 1. The summed E-state index contributed by atoms with van der Waals surface area (Å²) < 4.78 is 39.7. The standard InChI is InChI=1S/C11H10F3N3O2S/c12-11(13,14)19-8-3-1-7(2-4-8)16-9(18)17-6-5-15-10(17)20/h1-4H,5-6H2,(H,15,20)(H,16,18). The fourth-order valence-corrected chi connectivity index (χ4v) is 1.87. The lowest BCUT2D eigenvalue weighted by atomic mass is 10.3. The Kier molecular flexibility index (Phi) is 3.98. The molecule has 0 aliphatic carbocycles. The molecule has 2 rings (SSSR count). The first-order chi connectivity index (χ1) is 9.35. The number of ether oxygens (including phenoxy) is 1. The number of rotatable bonds is 2. The Labute approximate surface area is 117 Å². The largest absolute Gasteiger partial charge is 0.573 e. The molecule has 0 saturated carbocycles. The van der Waals surface area contributed by atoms with Crippen LogP contribution in [0.1, 0.15) is 0 Å². The molecule has 108 valence electrons.